The lowest BCUT2D eigenvalue weighted by molar-refractivity contribution is 0.131. The minimum absolute atomic E-state index is 0. The zero-order valence-electron chi connectivity index (χ0n) is 16.4. The average Bonchev–Trinajstić information content (AvgIpc) is 3.12. The van der Waals surface area contributed by atoms with Gasteiger partial charge in [0.2, 0.25) is 0 Å². The van der Waals surface area contributed by atoms with Crippen LogP contribution in [0.3, 0.4) is 0 Å². The second-order valence-electron chi connectivity index (χ2n) is 7.31. The average molecular weight is 481 g/mol. The van der Waals surface area contributed by atoms with Gasteiger partial charge in [0.05, 0.1) is 12.9 Å². The van der Waals surface area contributed by atoms with E-state index >= 15 is 0 Å². The van der Waals surface area contributed by atoms with Gasteiger partial charge in [-0.15, -0.1) is 24.0 Å². The number of hydrogen-bond donors (Lipinski definition) is 2. The largest absolute Gasteiger partial charge is 0.357 e. The summed E-state index contributed by atoms with van der Waals surface area (Å²) in [7, 11) is 0. The molecular weight excluding hydrogens is 449 g/mol. The zero-order valence-corrected chi connectivity index (χ0v) is 18.8. The summed E-state index contributed by atoms with van der Waals surface area (Å²) < 4.78 is 2.08. The quantitative estimate of drug-likeness (QED) is 0.338. The van der Waals surface area contributed by atoms with Gasteiger partial charge in [-0.2, -0.15) is 0 Å². The fraction of sp³-hybridized carbons (Fsp3) is 0.524. The summed E-state index contributed by atoms with van der Waals surface area (Å²) in [5.41, 5.74) is 2.99. The smallest absolute Gasteiger partial charge is 0.191 e. The molecule has 0 atom stereocenters. The number of halogens is 1. The highest BCUT2D eigenvalue weighted by Gasteiger charge is 2.34. The third kappa shape index (κ3) is 6.23. The highest BCUT2D eigenvalue weighted by molar-refractivity contribution is 14.0. The molecule has 0 aliphatic heterocycles. The molecule has 1 aromatic carbocycles. The van der Waals surface area contributed by atoms with Gasteiger partial charge in [-0.1, -0.05) is 37.6 Å². The van der Waals surface area contributed by atoms with Gasteiger partial charge >= 0.3 is 0 Å². The van der Waals surface area contributed by atoms with E-state index in [1.165, 1.54) is 36.8 Å². The molecule has 0 unspecified atom stereocenters. The Hall–Kier alpha value is -1.57. The van der Waals surface area contributed by atoms with Crippen LogP contribution in [-0.2, 0) is 13.1 Å². The molecular formula is C21H32IN5. The fourth-order valence-electron chi connectivity index (χ4n) is 3.53. The molecule has 0 saturated heterocycles. The third-order valence-electron chi connectivity index (χ3n) is 5.47. The van der Waals surface area contributed by atoms with E-state index in [0.717, 1.165) is 25.6 Å². The van der Waals surface area contributed by atoms with Crippen LogP contribution in [0.15, 0.2) is 48.0 Å². The molecule has 2 N–H and O–H groups in total. The summed E-state index contributed by atoms with van der Waals surface area (Å²) in [5, 5.41) is 6.94. The standard InChI is InChI=1S/C21H31N5.HI/c1-3-21(9-6-10-21)16-25-20(23-4-2)24-14-18-7-5-8-19(13-18)15-26-12-11-22-17-26;/h5,7-8,11-13,17H,3-4,6,9-10,14-16H2,1-2H3,(H2,23,24,25);1H. The molecule has 1 aliphatic rings. The van der Waals surface area contributed by atoms with Gasteiger partial charge in [0, 0.05) is 32.0 Å². The maximum Gasteiger partial charge on any atom is 0.191 e. The number of imidazole rings is 1. The van der Waals surface area contributed by atoms with Crippen molar-refractivity contribution in [2.75, 3.05) is 13.1 Å². The molecule has 1 aliphatic carbocycles. The van der Waals surface area contributed by atoms with E-state index in [9.17, 15) is 0 Å². The first-order valence-electron chi connectivity index (χ1n) is 9.79. The van der Waals surface area contributed by atoms with Gasteiger partial charge in [0.25, 0.3) is 0 Å². The first kappa shape index (κ1) is 21.7. The van der Waals surface area contributed by atoms with Crippen LogP contribution in [0.2, 0.25) is 0 Å². The van der Waals surface area contributed by atoms with Gasteiger partial charge in [0.1, 0.15) is 0 Å². The molecule has 3 rings (SSSR count). The van der Waals surface area contributed by atoms with Crippen molar-refractivity contribution in [1.82, 2.24) is 20.2 Å². The van der Waals surface area contributed by atoms with E-state index in [0.29, 0.717) is 12.0 Å². The van der Waals surface area contributed by atoms with Crippen molar-refractivity contribution in [3.63, 3.8) is 0 Å². The number of aromatic nitrogens is 2. The molecule has 1 saturated carbocycles. The SMILES string of the molecule is CCNC(=NCc1cccc(Cn2ccnc2)c1)NCC1(CC)CCC1.I. The molecule has 1 heterocycles. The number of benzene rings is 1. The fourth-order valence-corrected chi connectivity index (χ4v) is 3.53. The van der Waals surface area contributed by atoms with Crippen molar-refractivity contribution in [1.29, 1.82) is 0 Å². The molecule has 1 fully saturated rings. The molecule has 0 amide bonds. The van der Waals surface area contributed by atoms with Crippen LogP contribution in [0.1, 0.15) is 50.7 Å². The number of rotatable bonds is 8. The Morgan fingerprint density at radius 2 is 2.04 bits per heavy atom. The van der Waals surface area contributed by atoms with E-state index in [1.54, 1.807) is 0 Å². The Kier molecular flexibility index (Phi) is 8.60. The predicted octanol–water partition coefficient (Wildman–Crippen LogP) is 4.18. The van der Waals surface area contributed by atoms with E-state index in [2.05, 4.69) is 58.3 Å². The zero-order chi connectivity index (χ0) is 18.2. The first-order valence-corrected chi connectivity index (χ1v) is 9.79. The van der Waals surface area contributed by atoms with Gasteiger partial charge < -0.3 is 15.2 Å². The number of hydrogen-bond acceptors (Lipinski definition) is 2. The summed E-state index contributed by atoms with van der Waals surface area (Å²) in [5.74, 6) is 0.923. The molecule has 0 bridgehead atoms. The number of guanidine groups is 1. The van der Waals surface area contributed by atoms with E-state index in [4.69, 9.17) is 4.99 Å². The molecule has 27 heavy (non-hydrogen) atoms. The lowest BCUT2D eigenvalue weighted by atomic mass is 9.67. The third-order valence-corrected chi connectivity index (χ3v) is 5.47. The van der Waals surface area contributed by atoms with Crippen LogP contribution in [0, 0.1) is 5.41 Å². The first-order chi connectivity index (χ1) is 12.7. The second kappa shape index (κ2) is 10.7. The van der Waals surface area contributed by atoms with Crippen LogP contribution in [-0.4, -0.2) is 28.6 Å². The molecule has 5 nitrogen and oxygen atoms in total. The number of nitrogens with zero attached hydrogens (tertiary/aromatic N) is 3. The molecule has 0 radical (unpaired) electrons. The normalized spacial score (nSPS) is 15.6. The Balaban J connectivity index is 0.00000261. The Morgan fingerprint density at radius 3 is 2.67 bits per heavy atom. The molecule has 0 spiro atoms. The van der Waals surface area contributed by atoms with Gasteiger partial charge in [0.15, 0.2) is 5.96 Å². The topological polar surface area (TPSA) is 54.2 Å². The summed E-state index contributed by atoms with van der Waals surface area (Å²) in [6.45, 7) is 7.85. The van der Waals surface area contributed by atoms with Gasteiger partial charge in [-0.3, -0.25) is 0 Å². The van der Waals surface area contributed by atoms with Crippen molar-refractivity contribution < 1.29 is 0 Å². The van der Waals surface area contributed by atoms with Gasteiger partial charge in [-0.05, 0) is 42.7 Å². The summed E-state index contributed by atoms with van der Waals surface area (Å²) in [6, 6.07) is 8.63. The van der Waals surface area contributed by atoms with Crippen molar-refractivity contribution in [2.24, 2.45) is 10.4 Å². The van der Waals surface area contributed by atoms with Crippen LogP contribution >= 0.6 is 24.0 Å². The van der Waals surface area contributed by atoms with Crippen molar-refractivity contribution in [2.45, 2.75) is 52.6 Å². The van der Waals surface area contributed by atoms with E-state index in [-0.39, 0.29) is 24.0 Å². The van der Waals surface area contributed by atoms with Crippen molar-refractivity contribution >= 4 is 29.9 Å². The Labute approximate surface area is 180 Å². The number of nitrogens with one attached hydrogen (secondary N) is 2. The summed E-state index contributed by atoms with van der Waals surface area (Å²) in [6.07, 6.45) is 10.9. The van der Waals surface area contributed by atoms with E-state index < -0.39 is 0 Å². The predicted molar refractivity (Wildman–Crippen MR) is 123 cm³/mol. The van der Waals surface area contributed by atoms with Gasteiger partial charge in [-0.25, -0.2) is 9.98 Å². The van der Waals surface area contributed by atoms with Crippen molar-refractivity contribution in [3.05, 3.63) is 54.1 Å². The highest BCUT2D eigenvalue weighted by atomic mass is 127. The van der Waals surface area contributed by atoms with Crippen molar-refractivity contribution in [3.8, 4) is 0 Å². The summed E-state index contributed by atoms with van der Waals surface area (Å²) in [4.78, 5) is 8.90. The lowest BCUT2D eigenvalue weighted by Crippen LogP contribution is -2.46. The minimum Gasteiger partial charge on any atom is -0.357 e. The molecule has 148 valence electrons. The van der Waals surface area contributed by atoms with Crippen LogP contribution in [0.5, 0.6) is 0 Å². The molecule has 1 aromatic heterocycles. The number of aliphatic imine (C=N–C) groups is 1. The maximum absolute atomic E-state index is 4.79. The van der Waals surface area contributed by atoms with Crippen LogP contribution < -0.4 is 10.6 Å². The summed E-state index contributed by atoms with van der Waals surface area (Å²) >= 11 is 0. The van der Waals surface area contributed by atoms with Crippen LogP contribution in [0.4, 0.5) is 0 Å². The van der Waals surface area contributed by atoms with E-state index in [1.807, 2.05) is 18.7 Å². The monoisotopic (exact) mass is 481 g/mol. The second-order valence-corrected chi connectivity index (χ2v) is 7.31. The highest BCUT2D eigenvalue weighted by Crippen LogP contribution is 2.42. The minimum atomic E-state index is 0. The van der Waals surface area contributed by atoms with Crippen LogP contribution in [0.25, 0.3) is 0 Å². The molecule has 2 aromatic rings. The molecule has 6 heteroatoms. The maximum atomic E-state index is 4.79. The lowest BCUT2D eigenvalue weighted by Gasteiger charge is -2.41. The Morgan fingerprint density at radius 1 is 1.22 bits per heavy atom. The Bertz CT molecular complexity index is 702.